The third kappa shape index (κ3) is 2.56. The number of rotatable bonds is 2. The minimum atomic E-state index is -3.94. The van der Waals surface area contributed by atoms with Gasteiger partial charge in [0.15, 0.2) is 0 Å². The van der Waals surface area contributed by atoms with Gasteiger partial charge in [0.2, 0.25) is 10.0 Å². The molecule has 3 rings (SSSR count). The Morgan fingerprint density at radius 1 is 1.18 bits per heavy atom. The number of hydrogen-bond acceptors (Lipinski definition) is 2. The summed E-state index contributed by atoms with van der Waals surface area (Å²) in [6.07, 6.45) is 2.53. The molecule has 1 saturated carbocycles. The van der Waals surface area contributed by atoms with Gasteiger partial charge in [-0.1, -0.05) is 20.8 Å². The van der Waals surface area contributed by atoms with Crippen molar-refractivity contribution in [3.05, 3.63) is 29.8 Å². The molecule has 0 N–H and O–H groups in total. The van der Waals surface area contributed by atoms with Gasteiger partial charge in [0.1, 0.15) is 16.5 Å². The van der Waals surface area contributed by atoms with E-state index in [0.29, 0.717) is 12.6 Å². The normalized spacial score (nSPS) is 31.4. The number of fused-ring (bicyclic) bond motifs is 2. The number of nitrogens with zero attached hydrogens (tertiary/aromatic N) is 1. The molecule has 22 heavy (non-hydrogen) atoms. The van der Waals surface area contributed by atoms with Gasteiger partial charge in [-0.2, -0.15) is 4.31 Å². The van der Waals surface area contributed by atoms with E-state index in [9.17, 15) is 17.2 Å². The molecule has 0 amide bonds. The third-order valence-electron chi connectivity index (χ3n) is 4.85. The summed E-state index contributed by atoms with van der Waals surface area (Å²) >= 11 is 0. The van der Waals surface area contributed by atoms with Gasteiger partial charge in [0, 0.05) is 18.7 Å². The Labute approximate surface area is 130 Å². The topological polar surface area (TPSA) is 37.4 Å². The van der Waals surface area contributed by atoms with E-state index < -0.39 is 26.6 Å². The van der Waals surface area contributed by atoms with Crippen molar-refractivity contribution in [2.75, 3.05) is 6.54 Å². The zero-order valence-electron chi connectivity index (χ0n) is 13.1. The van der Waals surface area contributed by atoms with E-state index in [1.165, 1.54) is 4.31 Å². The summed E-state index contributed by atoms with van der Waals surface area (Å²) < 4.78 is 54.1. The lowest BCUT2D eigenvalue weighted by Crippen LogP contribution is -2.38. The fourth-order valence-corrected chi connectivity index (χ4v) is 6.32. The van der Waals surface area contributed by atoms with E-state index in [0.717, 1.165) is 31.4 Å². The zero-order valence-corrected chi connectivity index (χ0v) is 13.9. The van der Waals surface area contributed by atoms with Crippen molar-refractivity contribution in [2.45, 2.75) is 51.0 Å². The lowest BCUT2D eigenvalue weighted by atomic mass is 9.65. The summed E-state index contributed by atoms with van der Waals surface area (Å²) in [5.74, 6) is -1.80. The molecule has 2 aliphatic rings. The van der Waals surface area contributed by atoms with Crippen molar-refractivity contribution in [1.82, 2.24) is 4.31 Å². The summed E-state index contributed by atoms with van der Waals surface area (Å²) in [5.41, 5.74) is -0.000724. The molecule has 3 nitrogen and oxygen atoms in total. The lowest BCUT2D eigenvalue weighted by Gasteiger charge is -2.39. The van der Waals surface area contributed by atoms with Gasteiger partial charge in [-0.05, 0) is 42.2 Å². The second-order valence-electron chi connectivity index (χ2n) is 7.84. The first-order valence-electron chi connectivity index (χ1n) is 7.49. The van der Waals surface area contributed by atoms with Crippen molar-refractivity contribution in [2.24, 2.45) is 10.8 Å². The molecule has 1 saturated heterocycles. The first kappa shape index (κ1) is 15.9. The van der Waals surface area contributed by atoms with Gasteiger partial charge in [-0.15, -0.1) is 0 Å². The Balaban J connectivity index is 2.00. The average Bonchev–Trinajstić information content (AvgIpc) is 2.58. The van der Waals surface area contributed by atoms with Crippen LogP contribution in [-0.2, 0) is 10.0 Å². The standard InChI is InChI=1S/C16H21F2NO2S/c1-15(2)7-12-8-16(3,9-15)10-19(12)22(20,21)14-5-4-11(17)6-13(14)18/h4-6,12H,7-10H2,1-3H3/t12-,16-/m1/s1. The Kier molecular flexibility index (Phi) is 3.42. The molecule has 1 aliphatic heterocycles. The zero-order chi connectivity index (χ0) is 16.3. The summed E-state index contributed by atoms with van der Waals surface area (Å²) in [7, 11) is -3.94. The van der Waals surface area contributed by atoms with Crippen LogP contribution in [0.4, 0.5) is 8.78 Å². The molecule has 0 radical (unpaired) electrons. The van der Waals surface area contributed by atoms with E-state index in [-0.39, 0.29) is 16.9 Å². The van der Waals surface area contributed by atoms with E-state index in [2.05, 4.69) is 20.8 Å². The van der Waals surface area contributed by atoms with Crippen molar-refractivity contribution >= 4 is 10.0 Å². The van der Waals surface area contributed by atoms with E-state index in [4.69, 9.17) is 0 Å². The largest absolute Gasteiger partial charge is 0.246 e. The molecule has 1 aromatic carbocycles. The highest BCUT2D eigenvalue weighted by Gasteiger charge is 2.53. The molecule has 122 valence electrons. The molecular formula is C16H21F2NO2S. The minimum Gasteiger partial charge on any atom is -0.207 e. The first-order valence-corrected chi connectivity index (χ1v) is 8.93. The van der Waals surface area contributed by atoms with Gasteiger partial charge in [-0.25, -0.2) is 17.2 Å². The van der Waals surface area contributed by atoms with Crippen molar-refractivity contribution < 1.29 is 17.2 Å². The summed E-state index contributed by atoms with van der Waals surface area (Å²) in [6.45, 7) is 6.79. The van der Waals surface area contributed by atoms with Crippen LogP contribution in [0.5, 0.6) is 0 Å². The molecule has 0 aromatic heterocycles. The van der Waals surface area contributed by atoms with Crippen LogP contribution in [0.2, 0.25) is 0 Å². The molecule has 2 atom stereocenters. The highest BCUT2D eigenvalue weighted by Crippen LogP contribution is 2.53. The second-order valence-corrected chi connectivity index (χ2v) is 9.70. The van der Waals surface area contributed by atoms with Crippen molar-refractivity contribution in [3.63, 3.8) is 0 Å². The molecule has 6 heteroatoms. The quantitative estimate of drug-likeness (QED) is 0.832. The van der Waals surface area contributed by atoms with Crippen LogP contribution >= 0.6 is 0 Å². The fourth-order valence-electron chi connectivity index (χ4n) is 4.50. The van der Waals surface area contributed by atoms with Gasteiger partial charge in [0.25, 0.3) is 0 Å². The molecule has 2 fully saturated rings. The van der Waals surface area contributed by atoms with Crippen LogP contribution < -0.4 is 0 Å². The Bertz CT molecular complexity index is 717. The average molecular weight is 329 g/mol. The third-order valence-corrected chi connectivity index (χ3v) is 6.78. The van der Waals surface area contributed by atoms with Gasteiger partial charge in [-0.3, -0.25) is 0 Å². The van der Waals surface area contributed by atoms with Crippen molar-refractivity contribution in [1.29, 1.82) is 0 Å². The first-order chi connectivity index (χ1) is 10.0. The Morgan fingerprint density at radius 3 is 2.50 bits per heavy atom. The van der Waals surface area contributed by atoms with Crippen LogP contribution in [0, 0.1) is 22.5 Å². The highest BCUT2D eigenvalue weighted by atomic mass is 32.2. The minimum absolute atomic E-state index is 0.0727. The number of sulfonamides is 1. The van der Waals surface area contributed by atoms with Gasteiger partial charge in [0.05, 0.1) is 0 Å². The number of halogens is 2. The van der Waals surface area contributed by atoms with Crippen LogP contribution in [0.3, 0.4) is 0 Å². The number of hydrogen-bond donors (Lipinski definition) is 0. The van der Waals surface area contributed by atoms with Gasteiger partial charge >= 0.3 is 0 Å². The molecule has 0 spiro atoms. The monoisotopic (exact) mass is 329 g/mol. The highest BCUT2D eigenvalue weighted by molar-refractivity contribution is 7.89. The molecule has 0 unspecified atom stereocenters. The van der Waals surface area contributed by atoms with E-state index in [1.54, 1.807) is 0 Å². The molecular weight excluding hydrogens is 308 g/mol. The Hall–Kier alpha value is -1.01. The summed E-state index contributed by atoms with van der Waals surface area (Å²) in [6, 6.07) is 2.53. The van der Waals surface area contributed by atoms with Crippen LogP contribution in [0.25, 0.3) is 0 Å². The maximum Gasteiger partial charge on any atom is 0.246 e. The molecule has 1 aliphatic carbocycles. The summed E-state index contributed by atoms with van der Waals surface area (Å²) in [4.78, 5) is -0.428. The van der Waals surface area contributed by atoms with Crippen LogP contribution in [0.1, 0.15) is 40.0 Å². The number of benzene rings is 1. The smallest absolute Gasteiger partial charge is 0.207 e. The molecule has 2 bridgehead atoms. The van der Waals surface area contributed by atoms with Crippen molar-refractivity contribution in [3.8, 4) is 0 Å². The SMILES string of the molecule is CC1(C)C[C@@H]2C[C@@](C)(CN2S(=O)(=O)c2ccc(F)cc2F)C1. The van der Waals surface area contributed by atoms with E-state index >= 15 is 0 Å². The maximum absolute atomic E-state index is 13.9. The van der Waals surface area contributed by atoms with Gasteiger partial charge < -0.3 is 0 Å². The molecule has 1 heterocycles. The van der Waals surface area contributed by atoms with E-state index in [1.807, 2.05) is 0 Å². The lowest BCUT2D eigenvalue weighted by molar-refractivity contribution is 0.133. The maximum atomic E-state index is 13.9. The second kappa shape index (κ2) is 4.74. The van der Waals surface area contributed by atoms with Crippen LogP contribution in [-0.4, -0.2) is 25.3 Å². The molecule has 1 aromatic rings. The fraction of sp³-hybridized carbons (Fsp3) is 0.625. The predicted octanol–water partition coefficient (Wildman–Crippen LogP) is 3.55. The summed E-state index contributed by atoms with van der Waals surface area (Å²) in [5, 5.41) is 0. The predicted molar refractivity (Wildman–Crippen MR) is 79.8 cm³/mol. The van der Waals surface area contributed by atoms with Crippen LogP contribution in [0.15, 0.2) is 23.1 Å². The Morgan fingerprint density at radius 2 is 1.86 bits per heavy atom.